The molecule has 2 aromatic heterocycles. The number of rotatable bonds is 0. The van der Waals surface area contributed by atoms with Gasteiger partial charge in [-0.15, -0.1) is 35.1 Å². The Labute approximate surface area is 180 Å². The third-order valence-electron chi connectivity index (χ3n) is 7.18. The molecule has 2 saturated heterocycles. The topological polar surface area (TPSA) is 24.9 Å². The van der Waals surface area contributed by atoms with Crippen molar-refractivity contribution in [3.63, 3.8) is 0 Å². The fourth-order valence-electron chi connectivity index (χ4n) is 5.52. The van der Waals surface area contributed by atoms with Crippen molar-refractivity contribution in [3.05, 3.63) is 43.8 Å². The van der Waals surface area contributed by atoms with Crippen LogP contribution in [0.25, 0.3) is 0 Å². The van der Waals surface area contributed by atoms with Gasteiger partial charge in [0.25, 0.3) is 0 Å². The Hall–Kier alpha value is -0.470. The molecule has 4 aliphatic heterocycles. The predicted molar refractivity (Wildman–Crippen MR) is 116 cm³/mol. The van der Waals surface area contributed by atoms with Crippen molar-refractivity contribution in [1.29, 1.82) is 0 Å². The highest BCUT2D eigenvalue weighted by Gasteiger charge is 2.65. The number of piperidine rings is 2. The number of halogens is 1. The van der Waals surface area contributed by atoms with Gasteiger partial charge in [0.05, 0.1) is 9.75 Å². The maximum absolute atomic E-state index is 7.09. The van der Waals surface area contributed by atoms with Gasteiger partial charge in [0.15, 0.2) is 0 Å². The maximum atomic E-state index is 7.09. The first kappa shape index (κ1) is 19.5. The van der Waals surface area contributed by atoms with Crippen molar-refractivity contribution in [1.82, 2.24) is 9.80 Å². The summed E-state index contributed by atoms with van der Waals surface area (Å²) in [6.07, 6.45) is 4.20. The van der Waals surface area contributed by atoms with Gasteiger partial charge in [-0.25, -0.2) is 0 Å². The largest absolute Gasteiger partial charge is 0.329 e. The summed E-state index contributed by atoms with van der Waals surface area (Å²) < 4.78 is 14.2. The Morgan fingerprint density at radius 1 is 0.750 bits per heavy atom. The van der Waals surface area contributed by atoms with Gasteiger partial charge in [0, 0.05) is 37.3 Å². The summed E-state index contributed by atoms with van der Waals surface area (Å²) in [4.78, 5) is 7.45. The second kappa shape index (κ2) is 6.51. The lowest BCUT2D eigenvalue weighted by atomic mass is 9.85. The second-order valence-corrected chi connectivity index (χ2v) is 10.6. The Kier molecular flexibility index (Phi) is 4.53. The molecule has 4 aliphatic rings. The number of fused-ring (bicyclic) bond motifs is 6. The van der Waals surface area contributed by atoms with E-state index in [0.717, 1.165) is 51.9 Å². The molecular weight excluding hydrogens is 412 g/mol. The standard InChI is InChI=1S/C21H26N2O2S2.ClH/c1-22-9-5-19(6-10-22)15-3-13-26-17(15)21(24-19)18-16(4-14-27-18)20(25-21)7-11-23(2)12-8-20;/h3-4,13-14H,5-12H2,1-2H3;1H. The number of hydrogen-bond donors (Lipinski definition) is 0. The highest BCUT2D eigenvalue weighted by atomic mass is 35.5. The van der Waals surface area contributed by atoms with E-state index in [9.17, 15) is 0 Å². The van der Waals surface area contributed by atoms with Crippen LogP contribution in [0.2, 0.25) is 0 Å². The number of ether oxygens (including phenoxy) is 2. The van der Waals surface area contributed by atoms with Gasteiger partial charge >= 0.3 is 0 Å². The van der Waals surface area contributed by atoms with Crippen molar-refractivity contribution < 1.29 is 9.47 Å². The fraction of sp³-hybridized carbons (Fsp3) is 0.619. The molecule has 0 unspecified atom stereocenters. The molecular formula is C21H27ClN2O2S2. The van der Waals surface area contributed by atoms with Crippen LogP contribution in [0.4, 0.5) is 0 Å². The highest BCUT2D eigenvalue weighted by Crippen LogP contribution is 2.65. The third-order valence-corrected chi connectivity index (χ3v) is 9.17. The van der Waals surface area contributed by atoms with Crippen molar-refractivity contribution >= 4 is 35.1 Å². The zero-order valence-electron chi connectivity index (χ0n) is 16.4. The van der Waals surface area contributed by atoms with Crippen LogP contribution in [0.3, 0.4) is 0 Å². The van der Waals surface area contributed by atoms with E-state index in [-0.39, 0.29) is 23.6 Å². The SMILES string of the molecule is CN1CCC2(CC1)OC1(OC3(CCN(C)CC3)c3ccsc31)c1sccc12.Cl. The molecule has 0 aliphatic carbocycles. The first-order valence-corrected chi connectivity index (χ1v) is 11.8. The van der Waals surface area contributed by atoms with Crippen molar-refractivity contribution in [3.8, 4) is 0 Å². The Morgan fingerprint density at radius 3 is 1.54 bits per heavy atom. The molecule has 6 rings (SSSR count). The number of thiophene rings is 2. The molecule has 0 amide bonds. The van der Waals surface area contributed by atoms with Gasteiger partial charge < -0.3 is 19.3 Å². The van der Waals surface area contributed by atoms with Gasteiger partial charge in [-0.1, -0.05) is 0 Å². The zero-order chi connectivity index (χ0) is 18.3. The van der Waals surface area contributed by atoms with Gasteiger partial charge in [-0.3, -0.25) is 0 Å². The monoisotopic (exact) mass is 438 g/mol. The van der Waals surface area contributed by atoms with E-state index in [1.165, 1.54) is 20.9 Å². The van der Waals surface area contributed by atoms with Gasteiger partial charge in [-0.05, 0) is 62.7 Å². The van der Waals surface area contributed by atoms with Crippen LogP contribution in [-0.4, -0.2) is 50.1 Å². The van der Waals surface area contributed by atoms with Gasteiger partial charge in [0.1, 0.15) is 11.2 Å². The average Bonchev–Trinajstić information content (AvgIpc) is 3.41. The van der Waals surface area contributed by atoms with E-state index in [4.69, 9.17) is 9.47 Å². The average molecular weight is 439 g/mol. The molecule has 152 valence electrons. The quantitative estimate of drug-likeness (QED) is 0.611. The molecule has 3 spiro atoms. The first-order chi connectivity index (χ1) is 13.1. The van der Waals surface area contributed by atoms with E-state index in [2.05, 4.69) is 46.8 Å². The fourth-order valence-corrected chi connectivity index (χ4v) is 7.71. The van der Waals surface area contributed by atoms with Crippen LogP contribution < -0.4 is 0 Å². The number of hydrogen-bond acceptors (Lipinski definition) is 6. The van der Waals surface area contributed by atoms with Crippen LogP contribution >= 0.6 is 35.1 Å². The van der Waals surface area contributed by atoms with E-state index in [0.29, 0.717) is 0 Å². The molecule has 0 saturated carbocycles. The summed E-state index contributed by atoms with van der Waals surface area (Å²) in [5.74, 6) is -0.668. The lowest BCUT2D eigenvalue weighted by Gasteiger charge is -2.42. The molecule has 0 atom stereocenters. The summed E-state index contributed by atoms with van der Waals surface area (Å²) in [5.41, 5.74) is 2.43. The van der Waals surface area contributed by atoms with Crippen LogP contribution in [0, 0.1) is 0 Å². The Balaban J connectivity index is 0.00000171. The zero-order valence-corrected chi connectivity index (χ0v) is 18.9. The van der Waals surface area contributed by atoms with E-state index in [1.54, 1.807) is 0 Å². The van der Waals surface area contributed by atoms with Crippen molar-refractivity contribution in [2.45, 2.75) is 42.7 Å². The van der Waals surface area contributed by atoms with Crippen LogP contribution in [-0.2, 0) is 26.5 Å². The first-order valence-electron chi connectivity index (χ1n) is 10.0. The third kappa shape index (κ3) is 2.43. The molecule has 0 aromatic carbocycles. The van der Waals surface area contributed by atoms with E-state index in [1.807, 2.05) is 22.7 Å². The predicted octanol–water partition coefficient (Wildman–Crippen LogP) is 4.33. The molecule has 0 radical (unpaired) electrons. The lowest BCUT2D eigenvalue weighted by Crippen LogP contribution is -2.45. The summed E-state index contributed by atoms with van der Waals surface area (Å²) in [7, 11) is 4.42. The summed E-state index contributed by atoms with van der Waals surface area (Å²) >= 11 is 3.65. The van der Waals surface area contributed by atoms with Crippen molar-refractivity contribution in [2.24, 2.45) is 0 Å². The smallest absolute Gasteiger partial charge is 0.243 e. The van der Waals surface area contributed by atoms with Crippen LogP contribution in [0.1, 0.15) is 46.6 Å². The molecule has 0 bridgehead atoms. The van der Waals surface area contributed by atoms with Crippen molar-refractivity contribution in [2.75, 3.05) is 40.3 Å². The second-order valence-electron chi connectivity index (χ2n) is 8.74. The number of likely N-dealkylation sites (tertiary alicyclic amines) is 2. The lowest BCUT2D eigenvalue weighted by molar-refractivity contribution is -0.300. The minimum absolute atomic E-state index is 0. The summed E-state index contributed by atoms with van der Waals surface area (Å²) in [5, 5.41) is 4.48. The molecule has 2 aromatic rings. The molecule has 7 heteroatoms. The van der Waals surface area contributed by atoms with E-state index < -0.39 is 5.79 Å². The molecule has 2 fully saturated rings. The molecule has 0 N–H and O–H groups in total. The van der Waals surface area contributed by atoms with Crippen LogP contribution in [0.15, 0.2) is 22.9 Å². The molecule has 6 heterocycles. The minimum atomic E-state index is -0.668. The summed E-state index contributed by atoms with van der Waals surface area (Å²) in [6, 6.07) is 4.60. The molecule has 28 heavy (non-hydrogen) atoms. The minimum Gasteiger partial charge on any atom is -0.329 e. The molecule has 4 nitrogen and oxygen atoms in total. The Bertz CT molecular complexity index is 806. The summed E-state index contributed by atoms with van der Waals surface area (Å²) in [6.45, 7) is 4.33. The Morgan fingerprint density at radius 2 is 1.14 bits per heavy atom. The highest BCUT2D eigenvalue weighted by molar-refractivity contribution is 7.12. The van der Waals surface area contributed by atoms with Gasteiger partial charge in [0.2, 0.25) is 5.79 Å². The van der Waals surface area contributed by atoms with Crippen LogP contribution in [0.5, 0.6) is 0 Å². The maximum Gasteiger partial charge on any atom is 0.243 e. The van der Waals surface area contributed by atoms with E-state index >= 15 is 0 Å². The number of nitrogens with zero attached hydrogens (tertiary/aromatic N) is 2. The van der Waals surface area contributed by atoms with Gasteiger partial charge in [-0.2, -0.15) is 0 Å². The normalized spacial score (nSPS) is 27.2.